The third-order valence-corrected chi connectivity index (χ3v) is 2.97. The summed E-state index contributed by atoms with van der Waals surface area (Å²) < 4.78 is 4.82. The molecule has 1 unspecified atom stereocenters. The van der Waals surface area contributed by atoms with Crippen molar-refractivity contribution < 1.29 is 9.53 Å². The summed E-state index contributed by atoms with van der Waals surface area (Å²) in [5, 5.41) is 9.02. The topological polar surface area (TPSA) is 50.1 Å². The van der Waals surface area contributed by atoms with E-state index < -0.39 is 0 Å². The Kier molecular flexibility index (Phi) is 8.81. The molecule has 22 heavy (non-hydrogen) atoms. The molecule has 0 bridgehead atoms. The zero-order valence-corrected chi connectivity index (χ0v) is 12.8. The van der Waals surface area contributed by atoms with Crippen molar-refractivity contribution in [3.63, 3.8) is 0 Å². The van der Waals surface area contributed by atoms with Crippen molar-refractivity contribution in [2.45, 2.75) is 25.7 Å². The zero-order chi connectivity index (χ0) is 16.0. The minimum absolute atomic E-state index is 0.231. The average molecular weight is 295 g/mol. The fraction of sp³-hybridized carbons (Fsp3) is 0.263. The molecule has 3 heteroatoms. The number of nitrogens with zero attached hydrogens (tertiary/aromatic N) is 1. The van der Waals surface area contributed by atoms with E-state index in [0.29, 0.717) is 19.4 Å². The van der Waals surface area contributed by atoms with Crippen LogP contribution in [-0.2, 0) is 9.53 Å². The predicted molar refractivity (Wildman–Crippen MR) is 87.1 cm³/mol. The van der Waals surface area contributed by atoms with Gasteiger partial charge in [-0.1, -0.05) is 66.7 Å². The molecule has 0 aromatic heterocycles. The number of nitriles is 1. The van der Waals surface area contributed by atoms with E-state index in [1.54, 1.807) is 6.92 Å². The summed E-state index contributed by atoms with van der Waals surface area (Å²) in [7, 11) is 0. The lowest BCUT2D eigenvalue weighted by Crippen LogP contribution is -2.06. The first kappa shape index (κ1) is 17.5. The second-order valence-electron chi connectivity index (χ2n) is 4.59. The lowest BCUT2D eigenvalue weighted by atomic mass is 9.96. The number of rotatable bonds is 5. The van der Waals surface area contributed by atoms with Crippen LogP contribution in [0.5, 0.6) is 0 Å². The Morgan fingerprint density at radius 3 is 2.00 bits per heavy atom. The Hall–Kier alpha value is -2.60. The van der Waals surface area contributed by atoms with Gasteiger partial charge in [-0.15, -0.1) is 0 Å². The molecule has 0 heterocycles. The van der Waals surface area contributed by atoms with Gasteiger partial charge in [0.05, 0.1) is 18.6 Å². The van der Waals surface area contributed by atoms with Crippen molar-refractivity contribution >= 4 is 5.97 Å². The summed E-state index contributed by atoms with van der Waals surface area (Å²) in [5.41, 5.74) is 0.953. The standard InChI is InChI=1S/C13H15NO2.C6H6/c1-2-16-13(15)9-8-12(10-14)11-6-4-3-5-7-11;1-2-4-6-5-3-1/h3-7,12H,2,8-9H2,1H3;1-6H. The molecule has 0 saturated carbocycles. The molecular formula is C19H21NO2. The first-order chi connectivity index (χ1) is 10.8. The molecule has 1 atom stereocenters. The van der Waals surface area contributed by atoms with Gasteiger partial charge in [-0.25, -0.2) is 0 Å². The van der Waals surface area contributed by atoms with Crippen LogP contribution >= 0.6 is 0 Å². The van der Waals surface area contributed by atoms with Gasteiger partial charge < -0.3 is 4.74 Å². The highest BCUT2D eigenvalue weighted by Crippen LogP contribution is 2.20. The van der Waals surface area contributed by atoms with Gasteiger partial charge in [0, 0.05) is 6.42 Å². The number of carbonyl (C=O) groups excluding carboxylic acids is 1. The molecule has 2 rings (SSSR count). The van der Waals surface area contributed by atoms with E-state index in [4.69, 9.17) is 10.00 Å². The van der Waals surface area contributed by atoms with Crippen LogP contribution < -0.4 is 0 Å². The maximum Gasteiger partial charge on any atom is 0.305 e. The molecule has 2 aromatic rings. The Morgan fingerprint density at radius 2 is 1.55 bits per heavy atom. The van der Waals surface area contributed by atoms with Crippen LogP contribution in [-0.4, -0.2) is 12.6 Å². The van der Waals surface area contributed by atoms with Crippen LogP contribution in [0, 0.1) is 11.3 Å². The van der Waals surface area contributed by atoms with Gasteiger partial charge >= 0.3 is 5.97 Å². The Labute approximate surface area is 132 Å². The molecule has 114 valence electrons. The number of benzene rings is 2. The van der Waals surface area contributed by atoms with Gasteiger partial charge in [0.1, 0.15) is 0 Å². The molecule has 0 radical (unpaired) electrons. The second-order valence-corrected chi connectivity index (χ2v) is 4.59. The highest BCUT2D eigenvalue weighted by Gasteiger charge is 2.12. The van der Waals surface area contributed by atoms with Crippen molar-refractivity contribution in [2.75, 3.05) is 6.61 Å². The smallest absolute Gasteiger partial charge is 0.305 e. The fourth-order valence-electron chi connectivity index (χ4n) is 1.87. The highest BCUT2D eigenvalue weighted by molar-refractivity contribution is 5.69. The summed E-state index contributed by atoms with van der Waals surface area (Å²) in [6.45, 7) is 2.16. The number of carbonyl (C=O) groups is 1. The molecule has 3 nitrogen and oxygen atoms in total. The van der Waals surface area contributed by atoms with Gasteiger partial charge in [-0.3, -0.25) is 4.79 Å². The van der Waals surface area contributed by atoms with Gasteiger partial charge in [0.2, 0.25) is 0 Å². The van der Waals surface area contributed by atoms with Gasteiger partial charge in [-0.2, -0.15) is 5.26 Å². The maximum absolute atomic E-state index is 11.2. The van der Waals surface area contributed by atoms with Crippen LogP contribution in [0.15, 0.2) is 66.7 Å². The number of hydrogen-bond donors (Lipinski definition) is 0. The molecule has 0 N–H and O–H groups in total. The summed E-state index contributed by atoms with van der Waals surface area (Å²) in [5.74, 6) is -0.468. The molecule has 0 fully saturated rings. The third-order valence-electron chi connectivity index (χ3n) is 2.97. The minimum atomic E-state index is -0.237. The molecule has 0 spiro atoms. The molecule has 0 aliphatic carbocycles. The van der Waals surface area contributed by atoms with Crippen molar-refractivity contribution in [3.05, 3.63) is 72.3 Å². The van der Waals surface area contributed by atoms with Crippen molar-refractivity contribution in [1.82, 2.24) is 0 Å². The molecular weight excluding hydrogens is 274 g/mol. The largest absolute Gasteiger partial charge is 0.466 e. The van der Waals surface area contributed by atoms with Crippen molar-refractivity contribution in [3.8, 4) is 6.07 Å². The summed E-state index contributed by atoms with van der Waals surface area (Å²) in [4.78, 5) is 11.2. The van der Waals surface area contributed by atoms with Crippen molar-refractivity contribution in [2.24, 2.45) is 0 Å². The van der Waals surface area contributed by atoms with E-state index in [1.807, 2.05) is 66.7 Å². The molecule has 0 aliphatic heterocycles. The van der Waals surface area contributed by atoms with Crippen LogP contribution in [0.4, 0.5) is 0 Å². The van der Waals surface area contributed by atoms with Crippen LogP contribution in [0.25, 0.3) is 0 Å². The normalized spacial score (nSPS) is 10.5. The SMILES string of the molecule is CCOC(=O)CCC(C#N)c1ccccc1.c1ccccc1. The lowest BCUT2D eigenvalue weighted by molar-refractivity contribution is -0.143. The Morgan fingerprint density at radius 1 is 1.05 bits per heavy atom. The summed E-state index contributed by atoms with van der Waals surface area (Å²) >= 11 is 0. The van der Waals surface area contributed by atoms with Crippen molar-refractivity contribution in [1.29, 1.82) is 5.26 Å². The second kappa shape index (κ2) is 11.1. The summed E-state index contributed by atoms with van der Waals surface area (Å²) in [6.07, 6.45) is 0.806. The first-order valence-corrected chi connectivity index (χ1v) is 7.38. The lowest BCUT2D eigenvalue weighted by Gasteiger charge is -2.08. The number of hydrogen-bond acceptors (Lipinski definition) is 3. The van der Waals surface area contributed by atoms with E-state index >= 15 is 0 Å². The van der Waals surface area contributed by atoms with Gasteiger partial charge in [0.25, 0.3) is 0 Å². The predicted octanol–water partition coefficient (Wildman–Crippen LogP) is 4.32. The third kappa shape index (κ3) is 7.25. The molecule has 0 amide bonds. The van der Waals surface area contributed by atoms with Crippen LogP contribution in [0.3, 0.4) is 0 Å². The van der Waals surface area contributed by atoms with Crippen LogP contribution in [0.2, 0.25) is 0 Å². The van der Waals surface area contributed by atoms with E-state index in [-0.39, 0.29) is 11.9 Å². The first-order valence-electron chi connectivity index (χ1n) is 7.38. The minimum Gasteiger partial charge on any atom is -0.466 e. The number of esters is 1. The van der Waals surface area contributed by atoms with E-state index in [9.17, 15) is 4.79 Å². The fourth-order valence-corrected chi connectivity index (χ4v) is 1.87. The Balaban J connectivity index is 0.000000335. The monoisotopic (exact) mass is 295 g/mol. The quantitative estimate of drug-likeness (QED) is 0.772. The van der Waals surface area contributed by atoms with Gasteiger partial charge in [0.15, 0.2) is 0 Å². The van der Waals surface area contributed by atoms with E-state index in [0.717, 1.165) is 5.56 Å². The van der Waals surface area contributed by atoms with Crippen LogP contribution in [0.1, 0.15) is 31.2 Å². The zero-order valence-electron chi connectivity index (χ0n) is 12.8. The Bertz CT molecular complexity index is 534. The molecule has 0 saturated heterocycles. The summed E-state index contributed by atoms with van der Waals surface area (Å²) in [6, 6.07) is 23.7. The number of ether oxygens (including phenoxy) is 1. The van der Waals surface area contributed by atoms with Gasteiger partial charge in [-0.05, 0) is 18.9 Å². The highest BCUT2D eigenvalue weighted by atomic mass is 16.5. The van der Waals surface area contributed by atoms with E-state index in [2.05, 4.69) is 6.07 Å². The molecule has 0 aliphatic rings. The average Bonchev–Trinajstić information content (AvgIpc) is 2.59. The maximum atomic E-state index is 11.2. The molecule has 2 aromatic carbocycles. The van der Waals surface area contributed by atoms with E-state index in [1.165, 1.54) is 0 Å².